The number of rotatable bonds is 6. The third-order valence-corrected chi connectivity index (χ3v) is 3.81. The predicted octanol–water partition coefficient (Wildman–Crippen LogP) is 4.74. The van der Waals surface area contributed by atoms with E-state index in [1.807, 2.05) is 0 Å². The van der Waals surface area contributed by atoms with Crippen LogP contribution in [0.4, 0.5) is 0 Å². The van der Waals surface area contributed by atoms with Gasteiger partial charge in [0.05, 0.1) is 0 Å². The second-order valence-corrected chi connectivity index (χ2v) is 5.00. The quantitative estimate of drug-likeness (QED) is 0.559. The van der Waals surface area contributed by atoms with Gasteiger partial charge < -0.3 is 0 Å². The van der Waals surface area contributed by atoms with E-state index < -0.39 is 0 Å². The molecule has 0 heterocycles. The first-order valence-electron chi connectivity index (χ1n) is 6.02. The Kier molecular flexibility index (Phi) is 6.45. The fourth-order valence-corrected chi connectivity index (χ4v) is 2.02. The molecule has 0 spiro atoms. The van der Waals surface area contributed by atoms with Crippen LogP contribution in [0.2, 0.25) is 0 Å². The van der Waals surface area contributed by atoms with Crippen LogP contribution in [0, 0.1) is 23.7 Å². The van der Waals surface area contributed by atoms with Crippen molar-refractivity contribution in [3.05, 3.63) is 0 Å². The highest BCUT2D eigenvalue weighted by molar-refractivity contribution is 4.68. The molecule has 0 nitrogen and oxygen atoms in total. The molecule has 0 aliphatic rings. The molecule has 13 heavy (non-hydrogen) atoms. The molecule has 0 amide bonds. The lowest BCUT2D eigenvalue weighted by Gasteiger charge is -2.26. The summed E-state index contributed by atoms with van der Waals surface area (Å²) in [5.74, 6) is 3.56. The number of hydrogen-bond donors (Lipinski definition) is 0. The topological polar surface area (TPSA) is 0 Å². The van der Waals surface area contributed by atoms with Crippen molar-refractivity contribution in [3.8, 4) is 0 Å². The van der Waals surface area contributed by atoms with Gasteiger partial charge in [0.15, 0.2) is 0 Å². The summed E-state index contributed by atoms with van der Waals surface area (Å²) in [5.41, 5.74) is 0. The lowest BCUT2D eigenvalue weighted by Crippen LogP contribution is -2.17. The zero-order chi connectivity index (χ0) is 10.4. The monoisotopic (exact) mass is 184 g/mol. The third-order valence-electron chi connectivity index (χ3n) is 3.81. The van der Waals surface area contributed by atoms with E-state index in [1.165, 1.54) is 19.3 Å². The van der Waals surface area contributed by atoms with E-state index in [9.17, 15) is 0 Å². The average molecular weight is 184 g/mol. The minimum atomic E-state index is 0.837. The van der Waals surface area contributed by atoms with Gasteiger partial charge in [-0.25, -0.2) is 0 Å². The van der Waals surface area contributed by atoms with Crippen LogP contribution in [0.3, 0.4) is 0 Å². The van der Waals surface area contributed by atoms with E-state index >= 15 is 0 Å². The Morgan fingerprint density at radius 2 is 1.31 bits per heavy atom. The summed E-state index contributed by atoms with van der Waals surface area (Å²) in [6.45, 7) is 14.1. The van der Waals surface area contributed by atoms with Crippen molar-refractivity contribution in [1.29, 1.82) is 0 Å². The summed E-state index contributed by atoms with van der Waals surface area (Å²) < 4.78 is 0. The molecule has 0 saturated heterocycles. The highest BCUT2D eigenvalue weighted by Gasteiger charge is 2.18. The lowest BCUT2D eigenvalue weighted by molar-refractivity contribution is 0.241. The maximum atomic E-state index is 2.42. The maximum Gasteiger partial charge on any atom is -0.0394 e. The summed E-state index contributed by atoms with van der Waals surface area (Å²) in [6.07, 6.45) is 4.13. The summed E-state index contributed by atoms with van der Waals surface area (Å²) in [4.78, 5) is 0. The summed E-state index contributed by atoms with van der Waals surface area (Å²) in [6, 6.07) is 0. The molecule has 0 aromatic carbocycles. The first-order chi connectivity index (χ1) is 6.02. The van der Waals surface area contributed by atoms with Gasteiger partial charge in [0.1, 0.15) is 0 Å². The van der Waals surface area contributed by atoms with E-state index in [1.54, 1.807) is 0 Å². The van der Waals surface area contributed by atoms with Gasteiger partial charge in [-0.15, -0.1) is 0 Å². The zero-order valence-electron chi connectivity index (χ0n) is 10.4. The summed E-state index contributed by atoms with van der Waals surface area (Å²) >= 11 is 0. The van der Waals surface area contributed by atoms with Gasteiger partial charge in [-0.1, -0.05) is 54.4 Å². The Morgan fingerprint density at radius 1 is 0.846 bits per heavy atom. The Hall–Kier alpha value is 0. The molecule has 80 valence electrons. The fraction of sp³-hybridized carbons (Fsp3) is 1.00. The molecule has 0 aromatic heterocycles. The van der Waals surface area contributed by atoms with Gasteiger partial charge in [0.25, 0.3) is 0 Å². The highest BCUT2D eigenvalue weighted by atomic mass is 14.2. The lowest BCUT2D eigenvalue weighted by atomic mass is 9.80. The molecule has 0 aliphatic carbocycles. The van der Waals surface area contributed by atoms with Gasteiger partial charge in [-0.2, -0.15) is 0 Å². The molecule has 0 fully saturated rings. The second kappa shape index (κ2) is 6.45. The zero-order valence-corrected chi connectivity index (χ0v) is 10.4. The van der Waals surface area contributed by atoms with Gasteiger partial charge in [0.2, 0.25) is 0 Å². The highest BCUT2D eigenvalue weighted by Crippen LogP contribution is 2.28. The largest absolute Gasteiger partial charge is 0.0651 e. The van der Waals surface area contributed by atoms with Gasteiger partial charge in [-0.05, 0) is 30.1 Å². The molecule has 0 heteroatoms. The first-order valence-corrected chi connectivity index (χ1v) is 6.02. The first kappa shape index (κ1) is 13.0. The average Bonchev–Trinajstić information content (AvgIpc) is 2.12. The molecular formula is C13H28. The SMILES string of the molecule is CCC(CC)CC(C)C(C)C(C)C. The van der Waals surface area contributed by atoms with Crippen molar-refractivity contribution in [2.75, 3.05) is 0 Å². The molecule has 0 aliphatic heterocycles. The molecule has 0 aromatic rings. The second-order valence-electron chi connectivity index (χ2n) is 5.00. The number of hydrogen-bond acceptors (Lipinski definition) is 0. The molecule has 0 radical (unpaired) electrons. The van der Waals surface area contributed by atoms with E-state index in [0.29, 0.717) is 0 Å². The Morgan fingerprint density at radius 3 is 1.62 bits per heavy atom. The van der Waals surface area contributed by atoms with Crippen LogP contribution in [-0.4, -0.2) is 0 Å². The van der Waals surface area contributed by atoms with E-state index in [4.69, 9.17) is 0 Å². The standard InChI is InChI=1S/C13H28/c1-7-13(8-2)9-11(5)12(6)10(3)4/h10-13H,7-9H2,1-6H3. The fourth-order valence-electron chi connectivity index (χ4n) is 2.02. The van der Waals surface area contributed by atoms with Crippen molar-refractivity contribution in [3.63, 3.8) is 0 Å². The van der Waals surface area contributed by atoms with Gasteiger partial charge >= 0.3 is 0 Å². The van der Waals surface area contributed by atoms with Crippen molar-refractivity contribution >= 4 is 0 Å². The van der Waals surface area contributed by atoms with Crippen LogP contribution in [0.15, 0.2) is 0 Å². The summed E-state index contributed by atoms with van der Waals surface area (Å²) in [5, 5.41) is 0. The van der Waals surface area contributed by atoms with Crippen LogP contribution >= 0.6 is 0 Å². The molecule has 0 rings (SSSR count). The van der Waals surface area contributed by atoms with Crippen LogP contribution < -0.4 is 0 Å². The molecular weight excluding hydrogens is 156 g/mol. The van der Waals surface area contributed by atoms with Crippen molar-refractivity contribution in [2.45, 2.75) is 60.8 Å². The van der Waals surface area contributed by atoms with Crippen molar-refractivity contribution < 1.29 is 0 Å². The Balaban J connectivity index is 3.89. The third kappa shape index (κ3) is 4.69. The smallest absolute Gasteiger partial charge is 0.0394 e. The van der Waals surface area contributed by atoms with Crippen LogP contribution in [-0.2, 0) is 0 Å². The van der Waals surface area contributed by atoms with Crippen molar-refractivity contribution in [2.24, 2.45) is 23.7 Å². The Labute approximate surface area is 85.1 Å². The Bertz CT molecular complexity index is 111. The van der Waals surface area contributed by atoms with Gasteiger partial charge in [-0.3, -0.25) is 0 Å². The maximum absolute atomic E-state index is 2.42. The molecule has 2 unspecified atom stereocenters. The van der Waals surface area contributed by atoms with Crippen LogP contribution in [0.5, 0.6) is 0 Å². The molecule has 0 bridgehead atoms. The van der Waals surface area contributed by atoms with Gasteiger partial charge in [0, 0.05) is 0 Å². The molecule has 0 N–H and O–H groups in total. The summed E-state index contributed by atoms with van der Waals surface area (Å²) in [7, 11) is 0. The van der Waals surface area contributed by atoms with E-state index in [-0.39, 0.29) is 0 Å². The van der Waals surface area contributed by atoms with Crippen LogP contribution in [0.25, 0.3) is 0 Å². The minimum absolute atomic E-state index is 0.837. The van der Waals surface area contributed by atoms with E-state index in [2.05, 4.69) is 41.5 Å². The molecule has 2 atom stereocenters. The normalized spacial score (nSPS) is 16.6. The molecule has 0 saturated carbocycles. The predicted molar refractivity (Wildman–Crippen MR) is 61.9 cm³/mol. The van der Waals surface area contributed by atoms with Crippen molar-refractivity contribution in [1.82, 2.24) is 0 Å². The minimum Gasteiger partial charge on any atom is -0.0651 e. The van der Waals surface area contributed by atoms with Crippen LogP contribution in [0.1, 0.15) is 60.8 Å². The van der Waals surface area contributed by atoms with E-state index in [0.717, 1.165) is 23.7 Å².